The van der Waals surface area contributed by atoms with Crippen molar-refractivity contribution in [1.29, 1.82) is 0 Å². The Morgan fingerprint density at radius 1 is 1.00 bits per heavy atom. The molecule has 0 aliphatic carbocycles. The molecule has 2 aromatic heterocycles. The highest BCUT2D eigenvalue weighted by molar-refractivity contribution is 5.28. The third-order valence-electron chi connectivity index (χ3n) is 4.14. The van der Waals surface area contributed by atoms with E-state index < -0.39 is 5.60 Å². The van der Waals surface area contributed by atoms with E-state index in [2.05, 4.69) is 11.0 Å². The van der Waals surface area contributed by atoms with Crippen LogP contribution in [-0.2, 0) is 25.2 Å². The van der Waals surface area contributed by atoms with Gasteiger partial charge in [-0.3, -0.25) is 4.90 Å². The Hall–Kier alpha value is -2.50. The molecule has 0 atom stereocenters. The van der Waals surface area contributed by atoms with Crippen LogP contribution in [0.5, 0.6) is 5.75 Å². The Morgan fingerprint density at radius 2 is 1.81 bits per heavy atom. The zero-order chi connectivity index (χ0) is 18.6. The number of ether oxygens (including phenoxy) is 1. The van der Waals surface area contributed by atoms with Crippen molar-refractivity contribution >= 4 is 0 Å². The van der Waals surface area contributed by atoms with Gasteiger partial charge in [0.05, 0.1) is 26.5 Å². The number of furan rings is 2. The van der Waals surface area contributed by atoms with E-state index in [-0.39, 0.29) is 0 Å². The number of hydrogen-bond acceptors (Lipinski definition) is 5. The highest BCUT2D eigenvalue weighted by Crippen LogP contribution is 2.24. The maximum absolute atomic E-state index is 10.1. The van der Waals surface area contributed by atoms with Crippen LogP contribution in [0.15, 0.2) is 63.6 Å². The third-order valence-corrected chi connectivity index (χ3v) is 4.14. The zero-order valence-corrected chi connectivity index (χ0v) is 15.4. The van der Waals surface area contributed by atoms with Gasteiger partial charge < -0.3 is 18.7 Å². The van der Waals surface area contributed by atoms with Crippen LogP contribution >= 0.6 is 0 Å². The quantitative estimate of drug-likeness (QED) is 0.652. The van der Waals surface area contributed by atoms with Crippen molar-refractivity contribution in [2.75, 3.05) is 7.11 Å². The summed E-state index contributed by atoms with van der Waals surface area (Å²) in [6, 6.07) is 15.6. The molecule has 0 aliphatic heterocycles. The molecule has 3 rings (SSSR count). The molecule has 26 heavy (non-hydrogen) atoms. The number of benzene rings is 1. The van der Waals surface area contributed by atoms with Crippen LogP contribution in [0, 0.1) is 0 Å². The van der Waals surface area contributed by atoms with Crippen LogP contribution in [-0.4, -0.2) is 17.1 Å². The highest BCUT2D eigenvalue weighted by Gasteiger charge is 2.21. The number of aliphatic hydroxyl groups is 1. The predicted octanol–water partition coefficient (Wildman–Crippen LogP) is 4.31. The van der Waals surface area contributed by atoms with E-state index in [4.69, 9.17) is 13.6 Å². The van der Waals surface area contributed by atoms with Crippen molar-refractivity contribution in [2.24, 2.45) is 0 Å². The predicted molar refractivity (Wildman–Crippen MR) is 98.6 cm³/mol. The number of rotatable bonds is 8. The molecule has 2 heterocycles. The first kappa shape index (κ1) is 18.3. The van der Waals surface area contributed by atoms with E-state index in [1.807, 2.05) is 42.5 Å². The van der Waals surface area contributed by atoms with E-state index >= 15 is 0 Å². The smallest absolute Gasteiger partial charge is 0.135 e. The standard InChI is InChI=1S/C21H25NO4/c1-21(2,23)20-10-9-19(26-20)15-22(14-18-8-5-11-25-18)13-16-6-4-7-17(12-16)24-3/h4-12,23H,13-15H2,1-3H3. The van der Waals surface area contributed by atoms with E-state index in [0.29, 0.717) is 18.8 Å². The SMILES string of the molecule is COc1cccc(CN(Cc2ccco2)Cc2ccc(C(C)(C)O)o2)c1. The fourth-order valence-electron chi connectivity index (χ4n) is 2.83. The maximum Gasteiger partial charge on any atom is 0.135 e. The molecule has 0 saturated carbocycles. The molecule has 138 valence electrons. The van der Waals surface area contributed by atoms with E-state index in [0.717, 1.165) is 29.4 Å². The average Bonchev–Trinajstić information content (AvgIpc) is 3.26. The minimum Gasteiger partial charge on any atom is -0.497 e. The van der Waals surface area contributed by atoms with Crippen molar-refractivity contribution in [1.82, 2.24) is 4.90 Å². The summed E-state index contributed by atoms with van der Waals surface area (Å²) in [5, 5.41) is 10.1. The van der Waals surface area contributed by atoms with Gasteiger partial charge in [0.15, 0.2) is 0 Å². The minimum atomic E-state index is -0.989. The van der Waals surface area contributed by atoms with Crippen LogP contribution in [0.25, 0.3) is 0 Å². The molecule has 0 aliphatic rings. The van der Waals surface area contributed by atoms with Crippen LogP contribution in [0.1, 0.15) is 36.7 Å². The van der Waals surface area contributed by atoms with Gasteiger partial charge in [0.2, 0.25) is 0 Å². The first-order valence-electron chi connectivity index (χ1n) is 8.63. The summed E-state index contributed by atoms with van der Waals surface area (Å²) in [6.45, 7) is 5.41. The summed E-state index contributed by atoms with van der Waals surface area (Å²) in [7, 11) is 1.67. The minimum absolute atomic E-state index is 0.562. The second kappa shape index (κ2) is 7.81. The number of methoxy groups -OCH3 is 1. The molecule has 0 bridgehead atoms. The number of nitrogens with zero attached hydrogens (tertiary/aromatic N) is 1. The lowest BCUT2D eigenvalue weighted by atomic mass is 10.1. The average molecular weight is 355 g/mol. The lowest BCUT2D eigenvalue weighted by Crippen LogP contribution is -2.22. The molecule has 5 heteroatoms. The molecule has 0 unspecified atom stereocenters. The monoisotopic (exact) mass is 355 g/mol. The molecular weight excluding hydrogens is 330 g/mol. The van der Waals surface area contributed by atoms with Gasteiger partial charge in [-0.25, -0.2) is 0 Å². The summed E-state index contributed by atoms with van der Waals surface area (Å²) < 4.78 is 16.7. The molecule has 0 saturated heterocycles. The van der Waals surface area contributed by atoms with Gasteiger partial charge in [0.1, 0.15) is 28.6 Å². The summed E-state index contributed by atoms with van der Waals surface area (Å²) in [6.07, 6.45) is 1.68. The lowest BCUT2D eigenvalue weighted by molar-refractivity contribution is 0.0514. The van der Waals surface area contributed by atoms with Crippen LogP contribution < -0.4 is 4.74 Å². The van der Waals surface area contributed by atoms with Crippen molar-refractivity contribution in [3.05, 3.63) is 77.6 Å². The van der Waals surface area contributed by atoms with Crippen LogP contribution in [0.3, 0.4) is 0 Å². The first-order chi connectivity index (χ1) is 12.4. The van der Waals surface area contributed by atoms with Gasteiger partial charge >= 0.3 is 0 Å². The number of hydrogen-bond donors (Lipinski definition) is 1. The molecule has 3 aromatic rings. The van der Waals surface area contributed by atoms with Gasteiger partial charge in [-0.2, -0.15) is 0 Å². The Labute approximate surface area is 153 Å². The van der Waals surface area contributed by atoms with E-state index in [9.17, 15) is 5.11 Å². The summed E-state index contributed by atoms with van der Waals surface area (Å²) in [5.74, 6) is 3.09. The summed E-state index contributed by atoms with van der Waals surface area (Å²) in [4.78, 5) is 2.22. The second-order valence-corrected chi connectivity index (χ2v) is 6.90. The van der Waals surface area contributed by atoms with Crippen LogP contribution in [0.2, 0.25) is 0 Å². The molecular formula is C21H25NO4. The van der Waals surface area contributed by atoms with Gasteiger partial charge in [-0.05, 0) is 55.8 Å². The molecule has 0 radical (unpaired) electrons. The van der Waals surface area contributed by atoms with Crippen LogP contribution in [0.4, 0.5) is 0 Å². The third kappa shape index (κ3) is 4.77. The first-order valence-corrected chi connectivity index (χ1v) is 8.63. The fraction of sp³-hybridized carbons (Fsp3) is 0.333. The zero-order valence-electron chi connectivity index (χ0n) is 15.4. The van der Waals surface area contributed by atoms with Gasteiger partial charge in [-0.1, -0.05) is 12.1 Å². The molecule has 0 spiro atoms. The normalized spacial score (nSPS) is 11.9. The highest BCUT2D eigenvalue weighted by atomic mass is 16.5. The molecule has 5 nitrogen and oxygen atoms in total. The maximum atomic E-state index is 10.1. The topological polar surface area (TPSA) is 59.0 Å². The van der Waals surface area contributed by atoms with E-state index in [1.54, 1.807) is 27.2 Å². The van der Waals surface area contributed by atoms with Crippen molar-refractivity contribution in [2.45, 2.75) is 39.1 Å². The Balaban J connectivity index is 1.77. The Morgan fingerprint density at radius 3 is 2.46 bits per heavy atom. The molecule has 0 fully saturated rings. The van der Waals surface area contributed by atoms with Gasteiger partial charge in [0, 0.05) is 6.54 Å². The van der Waals surface area contributed by atoms with Crippen molar-refractivity contribution in [3.8, 4) is 5.75 Å². The summed E-state index contributed by atoms with van der Waals surface area (Å²) in [5.41, 5.74) is 0.154. The molecule has 1 N–H and O–H groups in total. The Bertz CT molecular complexity index is 815. The summed E-state index contributed by atoms with van der Waals surface area (Å²) >= 11 is 0. The van der Waals surface area contributed by atoms with Crippen molar-refractivity contribution in [3.63, 3.8) is 0 Å². The molecule has 1 aromatic carbocycles. The molecule has 0 amide bonds. The Kier molecular flexibility index (Phi) is 5.49. The largest absolute Gasteiger partial charge is 0.497 e. The van der Waals surface area contributed by atoms with Crippen molar-refractivity contribution < 1.29 is 18.7 Å². The van der Waals surface area contributed by atoms with Gasteiger partial charge in [-0.15, -0.1) is 0 Å². The van der Waals surface area contributed by atoms with E-state index in [1.165, 1.54) is 0 Å². The second-order valence-electron chi connectivity index (χ2n) is 6.90. The van der Waals surface area contributed by atoms with Gasteiger partial charge in [0.25, 0.3) is 0 Å². The fourth-order valence-corrected chi connectivity index (χ4v) is 2.83. The lowest BCUT2D eigenvalue weighted by Gasteiger charge is -2.21.